The molecule has 1 heterocycles. The first-order valence-electron chi connectivity index (χ1n) is 10.4. The lowest BCUT2D eigenvalue weighted by Crippen LogP contribution is -2.51. The van der Waals surface area contributed by atoms with Crippen LogP contribution < -0.4 is 9.47 Å². The Balaban J connectivity index is 2.34. The molecule has 30 heavy (non-hydrogen) atoms. The van der Waals surface area contributed by atoms with E-state index in [1.54, 1.807) is 6.07 Å². The third-order valence-electron chi connectivity index (χ3n) is 6.10. The van der Waals surface area contributed by atoms with Crippen molar-refractivity contribution in [2.24, 2.45) is 0 Å². The Morgan fingerprint density at radius 1 is 1.10 bits per heavy atom. The van der Waals surface area contributed by atoms with Gasteiger partial charge in [-0.05, 0) is 30.0 Å². The Morgan fingerprint density at radius 3 is 2.30 bits per heavy atom. The van der Waals surface area contributed by atoms with E-state index in [1.807, 2.05) is 37.3 Å². The van der Waals surface area contributed by atoms with Crippen LogP contribution in [0.2, 0.25) is 0 Å². The number of fused-ring (bicyclic) bond motifs is 1. The molecule has 6 nitrogen and oxygen atoms in total. The van der Waals surface area contributed by atoms with Gasteiger partial charge in [0.2, 0.25) is 0 Å². The molecule has 0 unspecified atom stereocenters. The molecule has 0 bridgehead atoms. The SMILES string of the molecule is CCCC[C@@]1(CC)CS(=O)(=O)c2cc(OC)c(OC)cc2[C@H](c2ccccc2)N1O. The van der Waals surface area contributed by atoms with Crippen molar-refractivity contribution in [2.45, 2.75) is 56.0 Å². The van der Waals surface area contributed by atoms with Crippen LogP contribution in [-0.2, 0) is 9.84 Å². The summed E-state index contributed by atoms with van der Waals surface area (Å²) in [5, 5.41) is 12.9. The van der Waals surface area contributed by atoms with E-state index in [1.165, 1.54) is 25.3 Å². The molecule has 1 N–H and O–H groups in total. The van der Waals surface area contributed by atoms with Gasteiger partial charge in [-0.3, -0.25) is 0 Å². The molecule has 3 rings (SSSR count). The summed E-state index contributed by atoms with van der Waals surface area (Å²) in [6.07, 6.45) is 2.83. The van der Waals surface area contributed by atoms with Gasteiger partial charge in [0, 0.05) is 6.07 Å². The third kappa shape index (κ3) is 3.94. The van der Waals surface area contributed by atoms with E-state index in [9.17, 15) is 13.6 Å². The monoisotopic (exact) mass is 433 g/mol. The zero-order valence-corrected chi connectivity index (χ0v) is 18.9. The normalized spacial score (nSPS) is 23.4. The van der Waals surface area contributed by atoms with Crippen LogP contribution in [0.5, 0.6) is 11.5 Å². The van der Waals surface area contributed by atoms with Gasteiger partial charge in [0.15, 0.2) is 21.3 Å². The second-order valence-electron chi connectivity index (χ2n) is 7.84. The molecule has 0 saturated carbocycles. The minimum atomic E-state index is -3.70. The minimum absolute atomic E-state index is 0.154. The van der Waals surface area contributed by atoms with Crippen LogP contribution in [0.3, 0.4) is 0 Å². The lowest BCUT2D eigenvalue weighted by molar-refractivity contribution is -0.193. The molecule has 0 aromatic heterocycles. The number of methoxy groups -OCH3 is 2. The van der Waals surface area contributed by atoms with E-state index >= 15 is 0 Å². The molecular formula is C23H31NO5S. The summed E-state index contributed by atoms with van der Waals surface area (Å²) in [5.74, 6) is 0.630. The quantitative estimate of drug-likeness (QED) is 0.687. The van der Waals surface area contributed by atoms with Crippen molar-refractivity contribution in [2.75, 3.05) is 20.0 Å². The van der Waals surface area contributed by atoms with Crippen LogP contribution in [0, 0.1) is 0 Å². The molecule has 2 aromatic carbocycles. The number of hydroxylamine groups is 2. The third-order valence-corrected chi connectivity index (χ3v) is 8.05. The molecule has 2 atom stereocenters. The molecule has 0 spiro atoms. The topological polar surface area (TPSA) is 76.1 Å². The van der Waals surface area contributed by atoms with E-state index < -0.39 is 21.4 Å². The fourth-order valence-electron chi connectivity index (χ4n) is 4.35. The predicted molar refractivity (Wildman–Crippen MR) is 116 cm³/mol. The summed E-state index contributed by atoms with van der Waals surface area (Å²) in [5.41, 5.74) is 0.419. The minimum Gasteiger partial charge on any atom is -0.493 e. The van der Waals surface area contributed by atoms with Gasteiger partial charge in [-0.2, -0.15) is 5.06 Å². The van der Waals surface area contributed by atoms with Gasteiger partial charge < -0.3 is 14.7 Å². The summed E-state index contributed by atoms with van der Waals surface area (Å²) in [6, 6.07) is 12.1. The molecule has 7 heteroatoms. The first-order valence-corrected chi connectivity index (χ1v) is 12.0. The van der Waals surface area contributed by atoms with Gasteiger partial charge in [0.05, 0.1) is 36.4 Å². The van der Waals surface area contributed by atoms with Gasteiger partial charge in [-0.1, -0.05) is 57.0 Å². The van der Waals surface area contributed by atoms with Gasteiger partial charge >= 0.3 is 0 Å². The number of rotatable bonds is 7. The first kappa shape index (κ1) is 22.6. The molecule has 0 saturated heterocycles. The molecule has 0 fully saturated rings. The van der Waals surface area contributed by atoms with Crippen molar-refractivity contribution in [3.8, 4) is 11.5 Å². The highest BCUT2D eigenvalue weighted by Crippen LogP contribution is 2.47. The fourth-order valence-corrected chi connectivity index (χ4v) is 6.51. The van der Waals surface area contributed by atoms with E-state index in [0.717, 1.165) is 18.4 Å². The van der Waals surface area contributed by atoms with Crippen molar-refractivity contribution < 1.29 is 23.1 Å². The molecule has 2 aromatic rings. The molecule has 0 amide bonds. The van der Waals surface area contributed by atoms with E-state index in [4.69, 9.17) is 9.47 Å². The molecule has 1 aliphatic heterocycles. The molecule has 0 aliphatic carbocycles. The summed E-state index contributed by atoms with van der Waals surface area (Å²) < 4.78 is 38.0. The molecule has 0 radical (unpaired) electrons. The van der Waals surface area contributed by atoms with Crippen LogP contribution >= 0.6 is 0 Å². The average molecular weight is 434 g/mol. The largest absolute Gasteiger partial charge is 0.493 e. The summed E-state index contributed by atoms with van der Waals surface area (Å²) in [6.45, 7) is 4.00. The summed E-state index contributed by atoms with van der Waals surface area (Å²) >= 11 is 0. The maximum Gasteiger partial charge on any atom is 0.180 e. The predicted octanol–water partition coefficient (Wildman–Crippen LogP) is 4.61. The Labute approximate surface area is 179 Å². The van der Waals surface area contributed by atoms with Crippen molar-refractivity contribution in [1.82, 2.24) is 5.06 Å². The highest BCUT2D eigenvalue weighted by molar-refractivity contribution is 7.91. The van der Waals surface area contributed by atoms with E-state index in [2.05, 4.69) is 6.92 Å². The van der Waals surface area contributed by atoms with E-state index in [0.29, 0.717) is 29.9 Å². The van der Waals surface area contributed by atoms with Crippen LogP contribution in [0.25, 0.3) is 0 Å². The zero-order valence-electron chi connectivity index (χ0n) is 18.1. The van der Waals surface area contributed by atoms with Crippen LogP contribution in [0.1, 0.15) is 56.7 Å². The number of nitrogens with zero attached hydrogens (tertiary/aromatic N) is 1. The lowest BCUT2D eigenvalue weighted by atomic mass is 9.87. The van der Waals surface area contributed by atoms with Gasteiger partial charge in [0.1, 0.15) is 0 Å². The van der Waals surface area contributed by atoms with Crippen LogP contribution in [0.4, 0.5) is 0 Å². The molecular weight excluding hydrogens is 402 g/mol. The number of unbranched alkanes of at least 4 members (excludes halogenated alkanes) is 1. The number of hydrogen-bond donors (Lipinski definition) is 1. The second-order valence-corrected chi connectivity index (χ2v) is 9.80. The summed E-state index contributed by atoms with van der Waals surface area (Å²) in [7, 11) is -0.698. The average Bonchev–Trinajstić information content (AvgIpc) is 2.83. The highest BCUT2D eigenvalue weighted by Gasteiger charge is 2.48. The highest BCUT2D eigenvalue weighted by atomic mass is 32.2. The zero-order chi connectivity index (χ0) is 21.9. The molecule has 1 aliphatic rings. The van der Waals surface area contributed by atoms with Gasteiger partial charge in [0.25, 0.3) is 0 Å². The number of hydrogen-bond acceptors (Lipinski definition) is 6. The Hall–Kier alpha value is -2.09. The van der Waals surface area contributed by atoms with E-state index in [-0.39, 0.29) is 10.6 Å². The summed E-state index contributed by atoms with van der Waals surface area (Å²) in [4.78, 5) is 0.180. The maximum atomic E-state index is 13.6. The second kappa shape index (κ2) is 8.96. The first-order chi connectivity index (χ1) is 14.3. The van der Waals surface area contributed by atoms with Crippen molar-refractivity contribution in [3.63, 3.8) is 0 Å². The van der Waals surface area contributed by atoms with Gasteiger partial charge in [-0.25, -0.2) is 8.42 Å². The smallest absolute Gasteiger partial charge is 0.180 e. The van der Waals surface area contributed by atoms with Crippen LogP contribution in [-0.4, -0.2) is 44.2 Å². The van der Waals surface area contributed by atoms with Crippen molar-refractivity contribution in [3.05, 3.63) is 53.6 Å². The fraction of sp³-hybridized carbons (Fsp3) is 0.478. The maximum absolute atomic E-state index is 13.6. The molecule has 164 valence electrons. The Bertz CT molecular complexity index is 977. The van der Waals surface area contributed by atoms with Crippen LogP contribution in [0.15, 0.2) is 47.4 Å². The number of benzene rings is 2. The van der Waals surface area contributed by atoms with Crippen molar-refractivity contribution >= 4 is 9.84 Å². The Kier molecular flexibility index (Phi) is 6.75. The lowest BCUT2D eigenvalue weighted by Gasteiger charge is -2.42. The van der Waals surface area contributed by atoms with Crippen molar-refractivity contribution in [1.29, 1.82) is 0 Å². The van der Waals surface area contributed by atoms with Gasteiger partial charge in [-0.15, -0.1) is 0 Å². The number of ether oxygens (including phenoxy) is 2. The Morgan fingerprint density at radius 2 is 1.73 bits per heavy atom. The standard InChI is InChI=1S/C23H31NO5S/c1-5-7-13-23(6-2)16-30(26,27)21-15-20(29-4)19(28-3)14-18(21)22(24(23)25)17-11-9-8-10-12-17/h8-12,14-15,22,25H,5-7,13,16H2,1-4H3/t22-,23-/m0/s1. The number of sulfone groups is 1.